The van der Waals surface area contributed by atoms with E-state index < -0.39 is 28.3 Å². The fourth-order valence-corrected chi connectivity index (χ4v) is 4.37. The summed E-state index contributed by atoms with van der Waals surface area (Å²) in [5, 5.41) is 19.2. The second kappa shape index (κ2) is 8.14. The Morgan fingerprint density at radius 3 is 2.73 bits per heavy atom. The van der Waals surface area contributed by atoms with Gasteiger partial charge in [0.1, 0.15) is 18.9 Å². The standard InChI is InChI=1S/C18H21N5O6S/c19-18-21-16-15(20-10-23(16)14-8-12(25)13(9-24)29-14)17(22-18)28-6-7-30(26,27)11-4-2-1-3-5-11/h1-5,10,12-14,24-25H,6-9H2,(H2,19,21,22)/t12-,13+,14+/m0/s1. The van der Waals surface area contributed by atoms with Crippen LogP contribution in [0, 0.1) is 0 Å². The van der Waals surface area contributed by atoms with Gasteiger partial charge in [-0.25, -0.2) is 13.4 Å². The number of hydrogen-bond acceptors (Lipinski definition) is 10. The molecule has 0 amide bonds. The summed E-state index contributed by atoms with van der Waals surface area (Å²) in [6.45, 7) is -0.466. The first-order chi connectivity index (χ1) is 14.4. The maximum Gasteiger partial charge on any atom is 0.247 e. The SMILES string of the molecule is Nc1nc(OCCS(=O)(=O)c2ccccc2)c2ncn([C@H]3C[C@H](O)[C@@H](CO)O3)c2n1. The highest BCUT2D eigenvalue weighted by molar-refractivity contribution is 7.91. The van der Waals surface area contributed by atoms with Crippen molar-refractivity contribution in [1.29, 1.82) is 0 Å². The molecule has 3 heterocycles. The van der Waals surface area contributed by atoms with Gasteiger partial charge in [0.25, 0.3) is 0 Å². The van der Waals surface area contributed by atoms with Crippen molar-refractivity contribution in [3.8, 4) is 5.88 Å². The molecule has 1 aliphatic heterocycles. The van der Waals surface area contributed by atoms with Crippen LogP contribution in [0.15, 0.2) is 41.6 Å². The predicted octanol–water partition coefficient (Wildman–Crippen LogP) is -0.0981. The van der Waals surface area contributed by atoms with Crippen molar-refractivity contribution in [3.05, 3.63) is 36.7 Å². The van der Waals surface area contributed by atoms with Crippen LogP contribution in [-0.2, 0) is 14.6 Å². The molecule has 12 heteroatoms. The number of fused-ring (bicyclic) bond motifs is 1. The molecule has 2 aromatic heterocycles. The van der Waals surface area contributed by atoms with E-state index in [0.717, 1.165) is 0 Å². The van der Waals surface area contributed by atoms with Crippen LogP contribution in [0.2, 0.25) is 0 Å². The lowest BCUT2D eigenvalue weighted by Crippen LogP contribution is -2.24. The van der Waals surface area contributed by atoms with Crippen LogP contribution < -0.4 is 10.5 Å². The molecule has 3 atom stereocenters. The van der Waals surface area contributed by atoms with Gasteiger partial charge < -0.3 is 25.4 Å². The fraction of sp³-hybridized carbons (Fsp3) is 0.389. The van der Waals surface area contributed by atoms with Crippen molar-refractivity contribution in [2.75, 3.05) is 24.7 Å². The molecule has 1 saturated heterocycles. The van der Waals surface area contributed by atoms with E-state index in [9.17, 15) is 18.6 Å². The summed E-state index contributed by atoms with van der Waals surface area (Å²) in [6.07, 6.45) is -0.431. The van der Waals surface area contributed by atoms with Crippen LogP contribution in [0.5, 0.6) is 5.88 Å². The van der Waals surface area contributed by atoms with Gasteiger partial charge in [0.15, 0.2) is 21.0 Å². The molecule has 30 heavy (non-hydrogen) atoms. The Bertz CT molecular complexity index is 1140. The molecule has 0 spiro atoms. The van der Waals surface area contributed by atoms with Crippen LogP contribution in [-0.4, -0.2) is 69.3 Å². The minimum Gasteiger partial charge on any atom is -0.475 e. The van der Waals surface area contributed by atoms with Crippen LogP contribution in [0.1, 0.15) is 12.6 Å². The largest absolute Gasteiger partial charge is 0.475 e. The molecule has 0 aliphatic carbocycles. The molecule has 4 rings (SSSR count). The molecule has 1 aliphatic rings. The lowest BCUT2D eigenvalue weighted by molar-refractivity contribution is -0.0432. The second-order valence-electron chi connectivity index (χ2n) is 6.81. The number of hydrogen-bond donors (Lipinski definition) is 3. The summed E-state index contributed by atoms with van der Waals surface area (Å²) in [6, 6.07) is 8.08. The van der Waals surface area contributed by atoms with Crippen molar-refractivity contribution in [1.82, 2.24) is 19.5 Å². The number of aromatic nitrogens is 4. The minimum absolute atomic E-state index is 0.0526. The molecule has 0 radical (unpaired) electrons. The highest BCUT2D eigenvalue weighted by Crippen LogP contribution is 2.32. The Morgan fingerprint density at radius 2 is 2.03 bits per heavy atom. The number of imidazole rings is 1. The summed E-state index contributed by atoms with van der Waals surface area (Å²) in [7, 11) is -3.51. The van der Waals surface area contributed by atoms with Crippen LogP contribution in [0.25, 0.3) is 11.2 Å². The van der Waals surface area contributed by atoms with E-state index in [4.69, 9.17) is 15.2 Å². The number of sulfone groups is 1. The summed E-state index contributed by atoms with van der Waals surface area (Å²) in [5.74, 6) is -0.279. The number of benzene rings is 1. The molecule has 0 saturated carbocycles. The third-order valence-corrected chi connectivity index (χ3v) is 6.49. The first-order valence-electron chi connectivity index (χ1n) is 9.24. The van der Waals surface area contributed by atoms with Crippen molar-refractivity contribution in [2.45, 2.75) is 29.8 Å². The number of nitrogen functional groups attached to an aromatic ring is 1. The van der Waals surface area contributed by atoms with E-state index in [1.54, 1.807) is 22.8 Å². The highest BCUT2D eigenvalue weighted by Gasteiger charge is 2.35. The molecule has 4 N–H and O–H groups in total. The van der Waals surface area contributed by atoms with E-state index >= 15 is 0 Å². The monoisotopic (exact) mass is 435 g/mol. The van der Waals surface area contributed by atoms with E-state index in [1.165, 1.54) is 18.5 Å². The van der Waals surface area contributed by atoms with Gasteiger partial charge in [-0.2, -0.15) is 9.97 Å². The van der Waals surface area contributed by atoms with Gasteiger partial charge in [0.2, 0.25) is 11.8 Å². The van der Waals surface area contributed by atoms with Crippen molar-refractivity contribution >= 4 is 26.9 Å². The Kier molecular flexibility index (Phi) is 5.56. The number of nitrogens with zero attached hydrogens (tertiary/aromatic N) is 4. The quantitative estimate of drug-likeness (QED) is 0.457. The lowest BCUT2D eigenvalue weighted by atomic mass is 10.2. The van der Waals surface area contributed by atoms with Gasteiger partial charge in [-0.05, 0) is 12.1 Å². The summed E-state index contributed by atoms with van der Waals surface area (Å²) < 4.78 is 37.6. The molecule has 11 nitrogen and oxygen atoms in total. The maximum absolute atomic E-state index is 12.4. The van der Waals surface area contributed by atoms with Crippen molar-refractivity contribution in [2.24, 2.45) is 0 Å². The third-order valence-electron chi connectivity index (χ3n) is 4.79. The van der Waals surface area contributed by atoms with E-state index in [-0.39, 0.29) is 47.6 Å². The van der Waals surface area contributed by atoms with Gasteiger partial charge in [-0.3, -0.25) is 4.57 Å². The number of nitrogens with two attached hydrogens (primary N) is 1. The van der Waals surface area contributed by atoms with E-state index in [2.05, 4.69) is 15.0 Å². The predicted molar refractivity (Wildman–Crippen MR) is 105 cm³/mol. The zero-order valence-electron chi connectivity index (χ0n) is 15.8. The van der Waals surface area contributed by atoms with Crippen molar-refractivity contribution < 1.29 is 28.1 Å². The lowest BCUT2D eigenvalue weighted by Gasteiger charge is -2.14. The third kappa shape index (κ3) is 3.94. The van der Waals surface area contributed by atoms with Crippen LogP contribution >= 0.6 is 0 Å². The average molecular weight is 435 g/mol. The zero-order valence-corrected chi connectivity index (χ0v) is 16.6. The van der Waals surface area contributed by atoms with E-state index in [0.29, 0.717) is 5.65 Å². The first-order valence-corrected chi connectivity index (χ1v) is 10.9. The Balaban J connectivity index is 1.53. The molecule has 3 aromatic rings. The highest BCUT2D eigenvalue weighted by atomic mass is 32.2. The molecule has 160 valence electrons. The number of aliphatic hydroxyl groups is 2. The first kappa shape index (κ1) is 20.5. The molecule has 1 fully saturated rings. The number of anilines is 1. The molecular weight excluding hydrogens is 414 g/mol. The van der Waals surface area contributed by atoms with Gasteiger partial charge >= 0.3 is 0 Å². The van der Waals surface area contributed by atoms with Crippen LogP contribution in [0.4, 0.5) is 5.95 Å². The minimum atomic E-state index is -3.51. The maximum atomic E-state index is 12.4. The van der Waals surface area contributed by atoms with Gasteiger partial charge in [-0.1, -0.05) is 18.2 Å². The van der Waals surface area contributed by atoms with Gasteiger partial charge in [-0.15, -0.1) is 0 Å². The van der Waals surface area contributed by atoms with Gasteiger partial charge in [0.05, 0.1) is 29.7 Å². The molecule has 0 bridgehead atoms. The Labute approximate surface area is 172 Å². The summed E-state index contributed by atoms with van der Waals surface area (Å²) in [4.78, 5) is 12.6. The number of ether oxygens (including phenoxy) is 2. The summed E-state index contributed by atoms with van der Waals surface area (Å²) in [5.41, 5.74) is 6.39. The normalized spacial score (nSPS) is 21.9. The fourth-order valence-electron chi connectivity index (χ4n) is 3.26. The number of rotatable bonds is 7. The zero-order chi connectivity index (χ0) is 21.3. The second-order valence-corrected chi connectivity index (χ2v) is 8.92. The smallest absolute Gasteiger partial charge is 0.247 e. The van der Waals surface area contributed by atoms with Crippen molar-refractivity contribution in [3.63, 3.8) is 0 Å². The van der Waals surface area contributed by atoms with Crippen LogP contribution in [0.3, 0.4) is 0 Å². The van der Waals surface area contributed by atoms with Gasteiger partial charge in [0, 0.05) is 6.42 Å². The molecular formula is C18H21N5O6S. The van der Waals surface area contributed by atoms with E-state index in [1.807, 2.05) is 0 Å². The Morgan fingerprint density at radius 1 is 1.27 bits per heavy atom. The topological polar surface area (TPSA) is 163 Å². The number of aliphatic hydroxyl groups excluding tert-OH is 2. The Hall–Kier alpha value is -2.80. The average Bonchev–Trinajstić information content (AvgIpc) is 3.31. The molecule has 0 unspecified atom stereocenters. The molecule has 1 aromatic carbocycles. The summed E-state index contributed by atoms with van der Waals surface area (Å²) >= 11 is 0.